The third-order valence-electron chi connectivity index (χ3n) is 1.32. The standard InChI is InChI=1S/C7H6BrClN2/c1-5-3-2-4-6(7(5)8)10-11-9/h2-4H,1H3. The van der Waals surface area contributed by atoms with E-state index in [1.54, 1.807) is 0 Å². The number of rotatable bonds is 1. The van der Waals surface area contributed by atoms with E-state index in [-0.39, 0.29) is 0 Å². The van der Waals surface area contributed by atoms with Gasteiger partial charge in [0, 0.05) is 4.47 Å². The predicted molar refractivity (Wildman–Crippen MR) is 49.2 cm³/mol. The molecule has 1 aromatic carbocycles. The second-order valence-corrected chi connectivity index (χ2v) is 3.03. The van der Waals surface area contributed by atoms with Crippen molar-refractivity contribution in [3.8, 4) is 0 Å². The highest BCUT2D eigenvalue weighted by Crippen LogP contribution is 2.28. The molecule has 0 aliphatic rings. The first-order chi connectivity index (χ1) is 5.25. The zero-order valence-electron chi connectivity index (χ0n) is 5.88. The Morgan fingerprint density at radius 1 is 1.45 bits per heavy atom. The van der Waals surface area contributed by atoms with E-state index < -0.39 is 0 Å². The van der Waals surface area contributed by atoms with E-state index in [2.05, 4.69) is 25.7 Å². The van der Waals surface area contributed by atoms with Crippen LogP contribution in [0.3, 0.4) is 0 Å². The molecule has 0 spiro atoms. The van der Waals surface area contributed by atoms with Crippen molar-refractivity contribution in [2.75, 3.05) is 0 Å². The van der Waals surface area contributed by atoms with Crippen molar-refractivity contribution in [3.05, 3.63) is 28.2 Å². The Hall–Kier alpha value is -0.410. The molecule has 0 fully saturated rings. The summed E-state index contributed by atoms with van der Waals surface area (Å²) in [6, 6.07) is 5.72. The fourth-order valence-corrected chi connectivity index (χ4v) is 1.17. The van der Waals surface area contributed by atoms with Gasteiger partial charge in [-0.1, -0.05) is 16.8 Å². The van der Waals surface area contributed by atoms with Gasteiger partial charge >= 0.3 is 0 Å². The van der Waals surface area contributed by atoms with Crippen LogP contribution in [0.15, 0.2) is 32.4 Å². The van der Waals surface area contributed by atoms with Crippen LogP contribution in [0.5, 0.6) is 0 Å². The van der Waals surface area contributed by atoms with Crippen LogP contribution in [-0.2, 0) is 0 Å². The molecule has 58 valence electrons. The van der Waals surface area contributed by atoms with Crippen LogP contribution in [0.2, 0.25) is 0 Å². The van der Waals surface area contributed by atoms with Crippen LogP contribution in [0.1, 0.15) is 5.56 Å². The van der Waals surface area contributed by atoms with Crippen molar-refractivity contribution < 1.29 is 0 Å². The lowest BCUT2D eigenvalue weighted by atomic mass is 10.2. The van der Waals surface area contributed by atoms with E-state index in [1.807, 2.05) is 25.1 Å². The lowest BCUT2D eigenvalue weighted by molar-refractivity contribution is 1.29. The van der Waals surface area contributed by atoms with Gasteiger partial charge in [-0.05, 0) is 34.5 Å². The van der Waals surface area contributed by atoms with Crippen LogP contribution >= 0.6 is 27.7 Å². The number of hydrogen-bond acceptors (Lipinski definition) is 2. The van der Waals surface area contributed by atoms with Crippen molar-refractivity contribution in [2.24, 2.45) is 9.75 Å². The summed E-state index contributed by atoms with van der Waals surface area (Å²) in [6.07, 6.45) is 0. The molecule has 0 atom stereocenters. The van der Waals surface area contributed by atoms with Gasteiger partial charge in [-0.25, -0.2) is 0 Å². The fourth-order valence-electron chi connectivity index (χ4n) is 0.750. The summed E-state index contributed by atoms with van der Waals surface area (Å²) in [7, 11) is 0. The first-order valence-corrected chi connectivity index (χ1v) is 4.16. The van der Waals surface area contributed by atoms with Crippen LogP contribution < -0.4 is 0 Å². The summed E-state index contributed by atoms with van der Waals surface area (Å²) in [6.45, 7) is 1.98. The molecule has 0 amide bonds. The molecular formula is C7H6BrClN2. The van der Waals surface area contributed by atoms with Crippen molar-refractivity contribution in [1.29, 1.82) is 0 Å². The lowest BCUT2D eigenvalue weighted by Crippen LogP contribution is -1.73. The quantitative estimate of drug-likeness (QED) is 0.655. The van der Waals surface area contributed by atoms with E-state index in [0.717, 1.165) is 15.7 Å². The predicted octanol–water partition coefficient (Wildman–Crippen LogP) is 4.00. The number of aryl methyl sites for hydroxylation is 1. The minimum absolute atomic E-state index is 0.750. The molecule has 0 unspecified atom stereocenters. The molecule has 1 aromatic rings. The summed E-state index contributed by atoms with van der Waals surface area (Å²) in [5.41, 5.74) is 1.87. The Bertz CT molecular complexity index is 286. The highest BCUT2D eigenvalue weighted by atomic mass is 79.9. The van der Waals surface area contributed by atoms with Gasteiger partial charge in [0.2, 0.25) is 0 Å². The van der Waals surface area contributed by atoms with Crippen molar-refractivity contribution in [2.45, 2.75) is 6.92 Å². The number of benzene rings is 1. The largest absolute Gasteiger partial charge is 0.137 e. The lowest BCUT2D eigenvalue weighted by Gasteiger charge is -1.98. The molecule has 11 heavy (non-hydrogen) atoms. The third kappa shape index (κ3) is 2.01. The first-order valence-electron chi connectivity index (χ1n) is 3.03. The van der Waals surface area contributed by atoms with Gasteiger partial charge < -0.3 is 0 Å². The summed E-state index contributed by atoms with van der Waals surface area (Å²) in [5.74, 6) is 0. The minimum Gasteiger partial charge on any atom is -0.137 e. The average Bonchev–Trinajstić information content (AvgIpc) is 1.99. The smallest absolute Gasteiger partial charge is 0.101 e. The molecule has 0 aliphatic heterocycles. The normalized spacial score (nSPS) is 10.8. The maximum absolute atomic E-state index is 5.10. The summed E-state index contributed by atoms with van der Waals surface area (Å²) in [4.78, 5) is 0. The molecule has 0 radical (unpaired) electrons. The van der Waals surface area contributed by atoms with E-state index >= 15 is 0 Å². The molecule has 0 saturated heterocycles. The number of hydrogen-bond donors (Lipinski definition) is 0. The first kappa shape index (κ1) is 8.68. The molecule has 4 heteroatoms. The molecule has 1 rings (SSSR count). The fraction of sp³-hybridized carbons (Fsp3) is 0.143. The topological polar surface area (TPSA) is 24.7 Å². The van der Waals surface area contributed by atoms with Gasteiger partial charge in [0.25, 0.3) is 0 Å². The summed E-state index contributed by atoms with van der Waals surface area (Å²) in [5, 5.41) is 3.71. The van der Waals surface area contributed by atoms with E-state index in [0.29, 0.717) is 0 Å². The van der Waals surface area contributed by atoms with Crippen LogP contribution in [0.4, 0.5) is 5.69 Å². The molecule has 0 aromatic heterocycles. The number of nitrogens with zero attached hydrogens (tertiary/aromatic N) is 2. The second-order valence-electron chi connectivity index (χ2n) is 2.08. The molecule has 0 bridgehead atoms. The zero-order valence-corrected chi connectivity index (χ0v) is 8.22. The van der Waals surface area contributed by atoms with Crippen LogP contribution in [0.25, 0.3) is 0 Å². The zero-order chi connectivity index (χ0) is 8.27. The Morgan fingerprint density at radius 2 is 2.18 bits per heavy atom. The second kappa shape index (κ2) is 3.83. The molecule has 0 heterocycles. The summed E-state index contributed by atoms with van der Waals surface area (Å²) < 4.78 is 4.11. The van der Waals surface area contributed by atoms with Crippen LogP contribution in [-0.4, -0.2) is 0 Å². The van der Waals surface area contributed by atoms with Crippen molar-refractivity contribution in [3.63, 3.8) is 0 Å². The molecular weight excluding hydrogens is 227 g/mol. The van der Waals surface area contributed by atoms with Gasteiger partial charge in [-0.2, -0.15) is 0 Å². The summed E-state index contributed by atoms with van der Waals surface area (Å²) >= 11 is 8.47. The Morgan fingerprint density at radius 3 is 2.82 bits per heavy atom. The average molecular weight is 233 g/mol. The monoisotopic (exact) mass is 232 g/mol. The molecule has 0 saturated carbocycles. The molecule has 2 nitrogen and oxygen atoms in total. The Kier molecular flexibility index (Phi) is 3.02. The highest BCUT2D eigenvalue weighted by Gasteiger charge is 1.99. The van der Waals surface area contributed by atoms with E-state index in [9.17, 15) is 0 Å². The van der Waals surface area contributed by atoms with Gasteiger partial charge in [-0.15, -0.1) is 5.11 Å². The molecule has 0 N–H and O–H groups in total. The minimum atomic E-state index is 0.750. The van der Waals surface area contributed by atoms with E-state index in [4.69, 9.17) is 11.8 Å². The SMILES string of the molecule is Cc1cccc(N=NCl)c1Br. The van der Waals surface area contributed by atoms with Crippen molar-refractivity contribution >= 4 is 33.4 Å². The Labute approximate surface area is 78.5 Å². The third-order valence-corrected chi connectivity index (χ3v) is 2.42. The van der Waals surface area contributed by atoms with Gasteiger partial charge in [-0.3, -0.25) is 0 Å². The molecule has 0 aliphatic carbocycles. The Balaban J connectivity index is 3.16. The number of halogens is 2. The van der Waals surface area contributed by atoms with Crippen molar-refractivity contribution in [1.82, 2.24) is 0 Å². The van der Waals surface area contributed by atoms with Gasteiger partial charge in [0.05, 0.1) is 11.8 Å². The van der Waals surface area contributed by atoms with Gasteiger partial charge in [0.15, 0.2) is 0 Å². The highest BCUT2D eigenvalue weighted by molar-refractivity contribution is 9.10. The van der Waals surface area contributed by atoms with Crippen LogP contribution in [0, 0.1) is 6.92 Å². The maximum atomic E-state index is 5.10. The maximum Gasteiger partial charge on any atom is 0.101 e. The van der Waals surface area contributed by atoms with Gasteiger partial charge in [0.1, 0.15) is 5.69 Å². The van der Waals surface area contributed by atoms with E-state index in [1.165, 1.54) is 0 Å².